The van der Waals surface area contributed by atoms with Gasteiger partial charge in [-0.15, -0.1) is 11.3 Å². The number of halogens is 1. The Hall–Kier alpha value is -3.37. The third kappa shape index (κ3) is 5.95. The van der Waals surface area contributed by atoms with Crippen LogP contribution < -0.4 is 10.1 Å². The molecule has 1 aromatic carbocycles. The number of thiophene rings is 1. The Labute approximate surface area is 205 Å². The largest absolute Gasteiger partial charge is 0.471 e. The standard InChI is InChI=1S/C23H24ClN3O6S/c1-4-12-32-22(29)18-14(3)19(23(30)31-5-2)34-21(18)26-20(28)17-10-11-25-27(17)13-33-16-8-6-15(24)7-9-16/h6-11H,4-5,12-13H2,1-3H3,(H,26,28). The number of benzene rings is 1. The topological polar surface area (TPSA) is 109 Å². The molecule has 0 bridgehead atoms. The van der Waals surface area contributed by atoms with Crippen LogP contribution in [0, 0.1) is 6.92 Å². The van der Waals surface area contributed by atoms with E-state index in [2.05, 4.69) is 10.4 Å². The number of aromatic nitrogens is 2. The van der Waals surface area contributed by atoms with Gasteiger partial charge in [0, 0.05) is 11.2 Å². The van der Waals surface area contributed by atoms with Gasteiger partial charge >= 0.3 is 11.9 Å². The number of rotatable bonds is 10. The van der Waals surface area contributed by atoms with Crippen molar-refractivity contribution in [2.24, 2.45) is 0 Å². The molecule has 0 saturated heterocycles. The minimum Gasteiger partial charge on any atom is -0.471 e. The van der Waals surface area contributed by atoms with E-state index >= 15 is 0 Å². The molecule has 11 heteroatoms. The highest BCUT2D eigenvalue weighted by Gasteiger charge is 2.28. The van der Waals surface area contributed by atoms with Crippen LogP contribution in [-0.4, -0.2) is 40.8 Å². The van der Waals surface area contributed by atoms with Crippen LogP contribution in [0.1, 0.15) is 56.3 Å². The highest BCUT2D eigenvalue weighted by atomic mass is 35.5. The van der Waals surface area contributed by atoms with Crippen LogP contribution in [0.2, 0.25) is 5.02 Å². The summed E-state index contributed by atoms with van der Waals surface area (Å²) in [4.78, 5) is 38.3. The Balaban J connectivity index is 1.83. The molecule has 0 unspecified atom stereocenters. The molecule has 9 nitrogen and oxygen atoms in total. The molecular formula is C23H24ClN3O6S. The van der Waals surface area contributed by atoms with Gasteiger partial charge in [0.2, 0.25) is 0 Å². The second-order valence-electron chi connectivity index (χ2n) is 7.01. The van der Waals surface area contributed by atoms with E-state index in [0.29, 0.717) is 22.8 Å². The number of esters is 2. The smallest absolute Gasteiger partial charge is 0.348 e. The molecule has 0 fully saturated rings. The molecule has 2 heterocycles. The summed E-state index contributed by atoms with van der Waals surface area (Å²) in [5, 5.41) is 7.61. The van der Waals surface area contributed by atoms with Crippen LogP contribution in [0.25, 0.3) is 0 Å². The van der Waals surface area contributed by atoms with Gasteiger partial charge in [-0.1, -0.05) is 18.5 Å². The molecule has 1 amide bonds. The van der Waals surface area contributed by atoms with Crippen molar-refractivity contribution in [3.05, 3.63) is 63.2 Å². The molecule has 2 aromatic heterocycles. The summed E-state index contributed by atoms with van der Waals surface area (Å²) in [5.74, 6) is -1.17. The zero-order chi connectivity index (χ0) is 24.7. The van der Waals surface area contributed by atoms with Gasteiger partial charge in [-0.05, 0) is 56.2 Å². The fourth-order valence-corrected chi connectivity index (χ4v) is 4.18. The summed E-state index contributed by atoms with van der Waals surface area (Å²) in [7, 11) is 0. The second kappa shape index (κ2) is 11.7. The summed E-state index contributed by atoms with van der Waals surface area (Å²) >= 11 is 6.84. The summed E-state index contributed by atoms with van der Waals surface area (Å²) in [5.41, 5.74) is 0.711. The first-order chi connectivity index (χ1) is 16.3. The molecule has 3 aromatic rings. The molecule has 0 aliphatic carbocycles. The molecule has 180 valence electrons. The van der Waals surface area contributed by atoms with Crippen LogP contribution in [-0.2, 0) is 16.2 Å². The Bertz CT molecular complexity index is 1170. The summed E-state index contributed by atoms with van der Waals surface area (Å²) in [6.45, 7) is 5.54. The number of nitrogens with zero attached hydrogens (tertiary/aromatic N) is 2. The molecule has 0 radical (unpaired) electrons. The molecular weight excluding hydrogens is 482 g/mol. The maximum atomic E-state index is 13.1. The van der Waals surface area contributed by atoms with E-state index in [9.17, 15) is 14.4 Å². The van der Waals surface area contributed by atoms with E-state index in [0.717, 1.165) is 11.3 Å². The number of hydrogen-bond acceptors (Lipinski definition) is 8. The number of ether oxygens (including phenoxy) is 3. The fraction of sp³-hybridized carbons (Fsp3) is 0.304. The zero-order valence-electron chi connectivity index (χ0n) is 18.9. The van der Waals surface area contributed by atoms with E-state index < -0.39 is 17.8 Å². The van der Waals surface area contributed by atoms with Crippen molar-refractivity contribution in [2.45, 2.75) is 33.9 Å². The lowest BCUT2D eigenvalue weighted by molar-refractivity contribution is 0.0506. The van der Waals surface area contributed by atoms with Crippen molar-refractivity contribution < 1.29 is 28.6 Å². The van der Waals surface area contributed by atoms with E-state index in [1.807, 2.05) is 6.92 Å². The monoisotopic (exact) mass is 505 g/mol. The lowest BCUT2D eigenvalue weighted by Crippen LogP contribution is -2.20. The van der Waals surface area contributed by atoms with Gasteiger partial charge in [-0.2, -0.15) is 5.10 Å². The summed E-state index contributed by atoms with van der Waals surface area (Å²) < 4.78 is 17.4. The van der Waals surface area contributed by atoms with Gasteiger partial charge in [0.25, 0.3) is 5.91 Å². The van der Waals surface area contributed by atoms with E-state index in [-0.39, 0.29) is 41.1 Å². The van der Waals surface area contributed by atoms with Gasteiger partial charge in [0.1, 0.15) is 21.3 Å². The van der Waals surface area contributed by atoms with Gasteiger partial charge in [-0.3, -0.25) is 4.79 Å². The van der Waals surface area contributed by atoms with Crippen molar-refractivity contribution in [2.75, 3.05) is 18.5 Å². The zero-order valence-corrected chi connectivity index (χ0v) is 20.5. The molecule has 0 aliphatic heterocycles. The summed E-state index contributed by atoms with van der Waals surface area (Å²) in [6.07, 6.45) is 2.09. The first kappa shape index (κ1) is 25.3. The number of carbonyl (C=O) groups excluding carboxylic acids is 3. The highest BCUT2D eigenvalue weighted by molar-refractivity contribution is 7.18. The maximum Gasteiger partial charge on any atom is 0.348 e. The Kier molecular flexibility index (Phi) is 8.67. The fourth-order valence-electron chi connectivity index (χ4n) is 2.97. The van der Waals surface area contributed by atoms with Crippen LogP contribution in [0.5, 0.6) is 5.75 Å². The number of amides is 1. The average molecular weight is 506 g/mol. The van der Waals surface area contributed by atoms with Crippen LogP contribution in [0.4, 0.5) is 5.00 Å². The third-order valence-corrected chi connectivity index (χ3v) is 6.03. The van der Waals surface area contributed by atoms with Crippen molar-refractivity contribution in [1.29, 1.82) is 0 Å². The van der Waals surface area contributed by atoms with Crippen molar-refractivity contribution in [1.82, 2.24) is 9.78 Å². The minimum absolute atomic E-state index is 0.0275. The number of carbonyl (C=O) groups is 3. The second-order valence-corrected chi connectivity index (χ2v) is 8.47. The average Bonchev–Trinajstić information content (AvgIpc) is 3.41. The maximum absolute atomic E-state index is 13.1. The number of anilines is 1. The van der Waals surface area contributed by atoms with Gasteiger partial charge in [0.05, 0.1) is 18.8 Å². The van der Waals surface area contributed by atoms with Gasteiger partial charge < -0.3 is 19.5 Å². The lowest BCUT2D eigenvalue weighted by Gasteiger charge is -2.11. The highest BCUT2D eigenvalue weighted by Crippen LogP contribution is 2.34. The van der Waals surface area contributed by atoms with Gasteiger partial charge in [-0.25, -0.2) is 14.3 Å². The van der Waals surface area contributed by atoms with Crippen LogP contribution >= 0.6 is 22.9 Å². The van der Waals surface area contributed by atoms with Crippen LogP contribution in [0.15, 0.2) is 36.5 Å². The Morgan fingerprint density at radius 2 is 1.82 bits per heavy atom. The molecule has 0 aliphatic rings. The predicted molar refractivity (Wildman–Crippen MR) is 128 cm³/mol. The van der Waals surface area contributed by atoms with Gasteiger partial charge in [0.15, 0.2) is 6.73 Å². The van der Waals surface area contributed by atoms with E-state index in [4.69, 9.17) is 25.8 Å². The lowest BCUT2D eigenvalue weighted by atomic mass is 10.1. The summed E-state index contributed by atoms with van der Waals surface area (Å²) in [6, 6.07) is 8.29. The molecule has 0 spiro atoms. The first-order valence-corrected chi connectivity index (χ1v) is 11.7. The normalized spacial score (nSPS) is 10.6. The van der Waals surface area contributed by atoms with E-state index in [1.165, 1.54) is 16.9 Å². The Morgan fingerprint density at radius 3 is 2.50 bits per heavy atom. The predicted octanol–water partition coefficient (Wildman–Crippen LogP) is 4.94. The first-order valence-electron chi connectivity index (χ1n) is 10.5. The quantitative estimate of drug-likeness (QED) is 0.389. The molecule has 0 atom stereocenters. The molecule has 34 heavy (non-hydrogen) atoms. The van der Waals surface area contributed by atoms with E-state index in [1.54, 1.807) is 38.1 Å². The van der Waals surface area contributed by atoms with Crippen molar-refractivity contribution >= 4 is 45.8 Å². The van der Waals surface area contributed by atoms with Crippen molar-refractivity contribution in [3.63, 3.8) is 0 Å². The third-order valence-electron chi connectivity index (χ3n) is 4.59. The molecule has 1 N–H and O–H groups in total. The SMILES string of the molecule is CCCOC(=O)c1c(NC(=O)c2ccnn2COc2ccc(Cl)cc2)sc(C(=O)OCC)c1C. The molecule has 3 rings (SSSR count). The minimum atomic E-state index is -0.624. The van der Waals surface area contributed by atoms with Crippen LogP contribution in [0.3, 0.4) is 0 Å². The Morgan fingerprint density at radius 1 is 1.09 bits per heavy atom. The molecule has 0 saturated carbocycles. The van der Waals surface area contributed by atoms with Crippen molar-refractivity contribution in [3.8, 4) is 5.75 Å². The number of hydrogen-bond donors (Lipinski definition) is 1. The number of nitrogens with one attached hydrogen (secondary N) is 1.